The van der Waals surface area contributed by atoms with Gasteiger partial charge in [-0.1, -0.05) is 11.8 Å². The van der Waals surface area contributed by atoms with Crippen LogP contribution in [-0.4, -0.2) is 34.3 Å². The molecule has 0 bridgehead atoms. The van der Waals surface area contributed by atoms with E-state index in [1.165, 1.54) is 17.8 Å². The summed E-state index contributed by atoms with van der Waals surface area (Å²) >= 11 is 1.18. The van der Waals surface area contributed by atoms with Crippen LogP contribution in [-0.2, 0) is 4.79 Å². The highest BCUT2D eigenvalue weighted by molar-refractivity contribution is 8.00. The van der Waals surface area contributed by atoms with Gasteiger partial charge in [0.1, 0.15) is 24.8 Å². The molecule has 1 aliphatic heterocycles. The van der Waals surface area contributed by atoms with E-state index in [1.54, 1.807) is 25.1 Å². The average molecular weight is 347 g/mol. The molecular weight excluding hydrogens is 330 g/mol. The van der Waals surface area contributed by atoms with Crippen molar-refractivity contribution < 1.29 is 14.3 Å². The molecule has 9 heteroatoms. The number of nitrogen functional groups attached to an aromatic ring is 2. The number of fused-ring (bicyclic) bond motifs is 1. The first-order valence-electron chi connectivity index (χ1n) is 7.28. The Morgan fingerprint density at radius 1 is 1.17 bits per heavy atom. The van der Waals surface area contributed by atoms with E-state index in [9.17, 15) is 4.79 Å². The Morgan fingerprint density at radius 3 is 2.54 bits per heavy atom. The number of anilines is 3. The number of ether oxygens (including phenoxy) is 2. The molecule has 3 rings (SSSR count). The number of carbonyl (C=O) groups excluding carboxylic acids is 1. The number of hydrogen-bond donors (Lipinski definition) is 3. The minimum Gasteiger partial charge on any atom is -0.486 e. The van der Waals surface area contributed by atoms with Crippen molar-refractivity contribution in [2.24, 2.45) is 0 Å². The fraction of sp³-hybridized carbons (Fsp3) is 0.267. The Hall–Kier alpha value is -2.68. The standard InChI is InChI=1S/C15H17N5O3S/c1-8(24-15-19-12(16)7-13(17)20-15)14(21)18-9-2-3-10-11(6-9)23-5-4-22-10/h2-3,6-8H,4-5H2,1H3,(H,18,21)(H4,16,17,19,20)/t8-/m0/s1. The van der Waals surface area contributed by atoms with Crippen molar-refractivity contribution in [1.29, 1.82) is 0 Å². The van der Waals surface area contributed by atoms with Crippen LogP contribution >= 0.6 is 11.8 Å². The topological polar surface area (TPSA) is 125 Å². The van der Waals surface area contributed by atoms with Crippen LogP contribution in [0.25, 0.3) is 0 Å². The summed E-state index contributed by atoms with van der Waals surface area (Å²) in [7, 11) is 0. The number of nitrogens with zero attached hydrogens (tertiary/aromatic N) is 2. The van der Waals surface area contributed by atoms with E-state index >= 15 is 0 Å². The third-order valence-electron chi connectivity index (χ3n) is 3.21. The quantitative estimate of drug-likeness (QED) is 0.561. The van der Waals surface area contributed by atoms with E-state index in [1.807, 2.05) is 0 Å². The fourth-order valence-corrected chi connectivity index (χ4v) is 2.89. The van der Waals surface area contributed by atoms with Crippen molar-refractivity contribution in [3.8, 4) is 11.5 Å². The van der Waals surface area contributed by atoms with Gasteiger partial charge in [-0.05, 0) is 19.1 Å². The molecule has 0 radical (unpaired) electrons. The van der Waals surface area contributed by atoms with Gasteiger partial charge in [0.25, 0.3) is 0 Å². The van der Waals surface area contributed by atoms with Crippen LogP contribution in [0.1, 0.15) is 6.92 Å². The molecule has 0 saturated carbocycles. The van der Waals surface area contributed by atoms with E-state index in [2.05, 4.69) is 15.3 Å². The second-order valence-electron chi connectivity index (χ2n) is 5.11. The van der Waals surface area contributed by atoms with Gasteiger partial charge in [-0.15, -0.1) is 0 Å². The van der Waals surface area contributed by atoms with Crippen molar-refractivity contribution in [2.75, 3.05) is 30.0 Å². The summed E-state index contributed by atoms with van der Waals surface area (Å²) in [5, 5.41) is 2.76. The van der Waals surface area contributed by atoms with E-state index in [4.69, 9.17) is 20.9 Å². The number of rotatable bonds is 4. The summed E-state index contributed by atoms with van der Waals surface area (Å²) in [4.78, 5) is 20.4. The van der Waals surface area contributed by atoms with Crippen LogP contribution in [0.2, 0.25) is 0 Å². The number of amides is 1. The first-order chi connectivity index (χ1) is 11.5. The number of thioether (sulfide) groups is 1. The molecule has 1 amide bonds. The van der Waals surface area contributed by atoms with E-state index in [0.717, 1.165) is 0 Å². The van der Waals surface area contributed by atoms with Crippen LogP contribution in [0.4, 0.5) is 17.3 Å². The molecule has 2 heterocycles. The van der Waals surface area contributed by atoms with Crippen molar-refractivity contribution in [3.63, 3.8) is 0 Å². The predicted octanol–water partition coefficient (Wildman–Crippen LogP) is 1.53. The molecule has 8 nitrogen and oxygen atoms in total. The molecule has 5 N–H and O–H groups in total. The Labute approximate surface area is 142 Å². The minimum atomic E-state index is -0.431. The highest BCUT2D eigenvalue weighted by Crippen LogP contribution is 2.33. The maximum absolute atomic E-state index is 12.3. The molecule has 0 fully saturated rings. The van der Waals surface area contributed by atoms with Gasteiger partial charge < -0.3 is 26.3 Å². The largest absolute Gasteiger partial charge is 0.486 e. The van der Waals surface area contributed by atoms with Gasteiger partial charge in [-0.2, -0.15) is 0 Å². The summed E-state index contributed by atoms with van der Waals surface area (Å²) in [6, 6.07) is 6.73. The summed E-state index contributed by atoms with van der Waals surface area (Å²) in [5.41, 5.74) is 11.9. The zero-order chi connectivity index (χ0) is 17.1. The van der Waals surface area contributed by atoms with Gasteiger partial charge in [-0.3, -0.25) is 4.79 Å². The first-order valence-corrected chi connectivity index (χ1v) is 8.16. The summed E-state index contributed by atoms with van der Waals surface area (Å²) in [5.74, 6) is 1.63. The van der Waals surface area contributed by atoms with Crippen molar-refractivity contribution in [2.45, 2.75) is 17.3 Å². The molecule has 1 aromatic heterocycles. The van der Waals surface area contributed by atoms with Gasteiger partial charge >= 0.3 is 0 Å². The molecular formula is C15H17N5O3S. The number of nitrogens with one attached hydrogen (secondary N) is 1. The molecule has 2 aromatic rings. The average Bonchev–Trinajstić information content (AvgIpc) is 2.53. The second kappa shape index (κ2) is 6.83. The summed E-state index contributed by atoms with van der Waals surface area (Å²) in [6.45, 7) is 2.77. The number of aromatic nitrogens is 2. The SMILES string of the molecule is C[C@H](Sc1nc(N)cc(N)n1)C(=O)Nc1ccc2c(c1)OCCO2. The lowest BCUT2D eigenvalue weighted by Crippen LogP contribution is -2.23. The maximum Gasteiger partial charge on any atom is 0.237 e. The van der Waals surface area contributed by atoms with Crippen LogP contribution in [0.15, 0.2) is 29.4 Å². The number of nitrogens with two attached hydrogens (primary N) is 2. The van der Waals surface area contributed by atoms with Crippen LogP contribution in [0.5, 0.6) is 11.5 Å². The van der Waals surface area contributed by atoms with Gasteiger partial charge in [0.2, 0.25) is 5.91 Å². The molecule has 0 unspecified atom stereocenters. The second-order valence-corrected chi connectivity index (χ2v) is 6.42. The molecule has 1 atom stereocenters. The lowest BCUT2D eigenvalue weighted by molar-refractivity contribution is -0.115. The maximum atomic E-state index is 12.3. The van der Waals surface area contributed by atoms with Crippen LogP contribution < -0.4 is 26.3 Å². The first kappa shape index (κ1) is 16.2. The highest BCUT2D eigenvalue weighted by Gasteiger charge is 2.18. The monoisotopic (exact) mass is 347 g/mol. The predicted molar refractivity (Wildman–Crippen MR) is 92.2 cm³/mol. The number of benzene rings is 1. The Bertz CT molecular complexity index is 751. The summed E-state index contributed by atoms with van der Waals surface area (Å²) < 4.78 is 10.9. The van der Waals surface area contributed by atoms with Crippen molar-refractivity contribution >= 4 is 35.0 Å². The zero-order valence-corrected chi connectivity index (χ0v) is 13.8. The zero-order valence-electron chi connectivity index (χ0n) is 13.0. The molecule has 1 aromatic carbocycles. The third-order valence-corrected chi connectivity index (χ3v) is 4.17. The van der Waals surface area contributed by atoms with Gasteiger partial charge in [0.05, 0.1) is 5.25 Å². The Kier molecular flexibility index (Phi) is 4.61. The normalized spacial score (nSPS) is 14.0. The molecule has 126 valence electrons. The lowest BCUT2D eigenvalue weighted by Gasteiger charge is -2.19. The van der Waals surface area contributed by atoms with Crippen molar-refractivity contribution in [1.82, 2.24) is 9.97 Å². The number of hydrogen-bond acceptors (Lipinski definition) is 8. The van der Waals surface area contributed by atoms with Crippen LogP contribution in [0.3, 0.4) is 0 Å². The number of carbonyl (C=O) groups is 1. The Balaban J connectivity index is 1.65. The molecule has 0 spiro atoms. The van der Waals surface area contributed by atoms with Gasteiger partial charge in [-0.25, -0.2) is 9.97 Å². The van der Waals surface area contributed by atoms with Crippen molar-refractivity contribution in [3.05, 3.63) is 24.3 Å². The summed E-state index contributed by atoms with van der Waals surface area (Å²) in [6.07, 6.45) is 0. The molecule has 1 aliphatic rings. The van der Waals surface area contributed by atoms with Gasteiger partial charge in [0.15, 0.2) is 16.7 Å². The third kappa shape index (κ3) is 3.80. The minimum absolute atomic E-state index is 0.193. The smallest absolute Gasteiger partial charge is 0.237 e. The van der Waals surface area contributed by atoms with Crippen LogP contribution in [0, 0.1) is 0 Å². The highest BCUT2D eigenvalue weighted by atomic mass is 32.2. The fourth-order valence-electron chi connectivity index (χ4n) is 2.09. The molecule has 24 heavy (non-hydrogen) atoms. The molecule has 0 saturated heterocycles. The Morgan fingerprint density at radius 2 is 1.83 bits per heavy atom. The van der Waals surface area contributed by atoms with Gasteiger partial charge in [0, 0.05) is 17.8 Å². The lowest BCUT2D eigenvalue weighted by atomic mass is 10.2. The van der Waals surface area contributed by atoms with E-state index in [-0.39, 0.29) is 17.5 Å². The van der Waals surface area contributed by atoms with E-state index < -0.39 is 5.25 Å². The van der Waals surface area contributed by atoms with E-state index in [0.29, 0.717) is 35.6 Å². The molecule has 0 aliphatic carbocycles.